The highest BCUT2D eigenvalue weighted by molar-refractivity contribution is 6.13. The van der Waals surface area contributed by atoms with Crippen LogP contribution < -0.4 is 0 Å². The molecular formula is C60H34N8. The monoisotopic (exact) mass is 866 g/mol. The van der Waals surface area contributed by atoms with E-state index in [9.17, 15) is 5.26 Å². The molecule has 0 fully saturated rings. The molecule has 12 rings (SSSR count). The Labute approximate surface area is 391 Å². The van der Waals surface area contributed by atoms with Gasteiger partial charge in [0, 0.05) is 38.2 Å². The standard InChI is InChI=1S/C60H34N8/c1-62-45-22-14-21-42(32-45)44-28-30-54-49(34-44)46-23-9-11-25-52(46)67(54)56-35-50(60-65-58(39-16-5-3-6-17-39)64-59(66-60)40-18-7-4-8-19-40)51(63-2)36-57(56)68-53-26-12-10-24-47(53)48-33-43(27-29-55(48)68)41-20-13-15-38(31-41)37-61/h3-36H. The second kappa shape index (κ2) is 16.2. The Morgan fingerprint density at radius 2 is 0.853 bits per heavy atom. The molecule has 0 saturated heterocycles. The van der Waals surface area contributed by atoms with E-state index in [1.807, 2.05) is 121 Å². The van der Waals surface area contributed by atoms with Gasteiger partial charge in [-0.15, -0.1) is 0 Å². The molecule has 0 N–H and O–H groups in total. The van der Waals surface area contributed by atoms with Gasteiger partial charge in [0.2, 0.25) is 0 Å². The van der Waals surface area contributed by atoms with Crippen molar-refractivity contribution in [3.05, 3.63) is 235 Å². The Morgan fingerprint density at radius 3 is 1.41 bits per heavy atom. The van der Waals surface area contributed by atoms with E-state index in [0.29, 0.717) is 40.0 Å². The minimum absolute atomic E-state index is 0.380. The minimum atomic E-state index is 0.380. The zero-order chi connectivity index (χ0) is 45.7. The molecule has 8 nitrogen and oxygen atoms in total. The molecular weight excluding hydrogens is 833 g/mol. The Bertz CT molecular complexity index is 4070. The molecule has 8 heteroatoms. The van der Waals surface area contributed by atoms with Crippen LogP contribution in [-0.2, 0) is 0 Å². The topological polar surface area (TPSA) is 81.0 Å². The summed E-state index contributed by atoms with van der Waals surface area (Å²) in [5.74, 6) is 1.38. The van der Waals surface area contributed by atoms with Crippen LogP contribution >= 0.6 is 0 Å². The SMILES string of the molecule is [C-]#[N+]c1cccc(-c2ccc3c(c2)c2ccccc2n3-c2cc(-c3nc(-c4ccccc4)nc(-c4ccccc4)n3)c([N+]#[C-])cc2-n2c3ccccc3c3cc(-c4cccc(C#N)c4)ccc32)c1. The van der Waals surface area contributed by atoms with Crippen molar-refractivity contribution in [2.24, 2.45) is 0 Å². The zero-order valence-electron chi connectivity index (χ0n) is 36.2. The summed E-state index contributed by atoms with van der Waals surface area (Å²) in [6.45, 7) is 16.5. The molecule has 12 aromatic rings. The zero-order valence-corrected chi connectivity index (χ0v) is 36.2. The lowest BCUT2D eigenvalue weighted by molar-refractivity contribution is 1.07. The van der Waals surface area contributed by atoms with Crippen molar-refractivity contribution in [3.8, 4) is 73.9 Å². The van der Waals surface area contributed by atoms with Gasteiger partial charge in [-0.2, -0.15) is 5.26 Å². The number of hydrogen-bond acceptors (Lipinski definition) is 4. The van der Waals surface area contributed by atoms with Crippen molar-refractivity contribution in [1.29, 1.82) is 5.26 Å². The number of para-hydroxylation sites is 2. The number of benzene rings is 9. The van der Waals surface area contributed by atoms with Crippen molar-refractivity contribution in [2.45, 2.75) is 0 Å². The quantitative estimate of drug-likeness (QED) is 0.149. The molecule has 0 spiro atoms. The van der Waals surface area contributed by atoms with Gasteiger partial charge in [-0.05, 0) is 89.0 Å². The lowest BCUT2D eigenvalue weighted by Crippen LogP contribution is -2.06. The van der Waals surface area contributed by atoms with E-state index in [1.54, 1.807) is 0 Å². The van der Waals surface area contributed by atoms with Gasteiger partial charge in [0.1, 0.15) is 0 Å². The van der Waals surface area contributed by atoms with Crippen LogP contribution in [0.1, 0.15) is 5.56 Å². The molecule has 0 aliphatic carbocycles. The molecule has 314 valence electrons. The van der Waals surface area contributed by atoms with Crippen LogP contribution in [0.2, 0.25) is 0 Å². The first kappa shape index (κ1) is 39.6. The van der Waals surface area contributed by atoms with Gasteiger partial charge in [0.25, 0.3) is 0 Å². The Balaban J connectivity index is 1.18. The first-order chi connectivity index (χ1) is 33.6. The molecule has 0 aliphatic heterocycles. The first-order valence-electron chi connectivity index (χ1n) is 22.1. The molecule has 0 aliphatic rings. The molecule has 0 amide bonds. The van der Waals surface area contributed by atoms with Crippen molar-refractivity contribution >= 4 is 55.0 Å². The fraction of sp³-hybridized carbons (Fsp3) is 0. The highest BCUT2D eigenvalue weighted by Crippen LogP contribution is 2.44. The normalized spacial score (nSPS) is 11.2. The van der Waals surface area contributed by atoms with Crippen LogP contribution in [-0.4, -0.2) is 24.1 Å². The van der Waals surface area contributed by atoms with Crippen molar-refractivity contribution in [2.75, 3.05) is 0 Å². The third-order valence-electron chi connectivity index (χ3n) is 12.6. The maximum Gasteiger partial charge on any atom is 0.200 e. The van der Waals surface area contributed by atoms with E-state index in [-0.39, 0.29) is 0 Å². The highest BCUT2D eigenvalue weighted by atomic mass is 15.1. The van der Waals surface area contributed by atoms with Gasteiger partial charge in [0.05, 0.1) is 58.2 Å². The summed E-state index contributed by atoms with van der Waals surface area (Å²) < 4.78 is 4.55. The summed E-state index contributed by atoms with van der Waals surface area (Å²) in [5, 5.41) is 13.9. The Hall–Kier alpha value is -9.94. The van der Waals surface area contributed by atoms with Crippen LogP contribution in [0.25, 0.3) is 121 Å². The average Bonchev–Trinajstić information content (AvgIpc) is 3.93. The number of aromatic nitrogens is 5. The van der Waals surface area contributed by atoms with Gasteiger partial charge in [-0.1, -0.05) is 140 Å². The second-order valence-corrected chi connectivity index (χ2v) is 16.5. The van der Waals surface area contributed by atoms with Crippen molar-refractivity contribution in [3.63, 3.8) is 0 Å². The van der Waals surface area contributed by atoms with Crippen LogP contribution in [0.5, 0.6) is 0 Å². The van der Waals surface area contributed by atoms with E-state index >= 15 is 0 Å². The fourth-order valence-corrected chi connectivity index (χ4v) is 9.47. The number of nitriles is 1. The molecule has 9 aromatic carbocycles. The molecule has 3 heterocycles. The predicted octanol–water partition coefficient (Wildman–Crippen LogP) is 15.4. The van der Waals surface area contributed by atoms with Gasteiger partial charge in [-0.25, -0.2) is 24.6 Å². The van der Waals surface area contributed by atoms with E-state index in [2.05, 4.69) is 110 Å². The number of nitrogens with zero attached hydrogens (tertiary/aromatic N) is 8. The summed E-state index contributed by atoms with van der Waals surface area (Å²) in [5.41, 5.74) is 13.2. The molecule has 68 heavy (non-hydrogen) atoms. The molecule has 0 radical (unpaired) electrons. The van der Waals surface area contributed by atoms with Crippen LogP contribution in [0.3, 0.4) is 0 Å². The predicted molar refractivity (Wildman–Crippen MR) is 273 cm³/mol. The number of fused-ring (bicyclic) bond motifs is 6. The van der Waals surface area contributed by atoms with Crippen molar-refractivity contribution in [1.82, 2.24) is 24.1 Å². The number of rotatable bonds is 7. The third kappa shape index (κ3) is 6.63. The molecule has 0 unspecified atom stereocenters. The molecule has 3 aromatic heterocycles. The van der Waals surface area contributed by atoms with Crippen LogP contribution in [0, 0.1) is 24.5 Å². The van der Waals surface area contributed by atoms with Crippen LogP contribution in [0.4, 0.5) is 11.4 Å². The second-order valence-electron chi connectivity index (χ2n) is 16.5. The smallest absolute Gasteiger partial charge is 0.200 e. The summed E-state index contributed by atoms with van der Waals surface area (Å²) in [7, 11) is 0. The van der Waals surface area contributed by atoms with Gasteiger partial charge in [-0.3, -0.25) is 0 Å². The molecule has 0 saturated carbocycles. The summed E-state index contributed by atoms with van der Waals surface area (Å²) >= 11 is 0. The summed E-state index contributed by atoms with van der Waals surface area (Å²) in [6, 6.07) is 71.1. The lowest BCUT2D eigenvalue weighted by atomic mass is 10.0. The van der Waals surface area contributed by atoms with Crippen LogP contribution in [0.15, 0.2) is 206 Å². The van der Waals surface area contributed by atoms with E-state index < -0.39 is 0 Å². The maximum atomic E-state index is 9.74. The van der Waals surface area contributed by atoms with Gasteiger partial charge < -0.3 is 9.13 Å². The summed E-state index contributed by atoms with van der Waals surface area (Å²) in [6.07, 6.45) is 0. The lowest BCUT2D eigenvalue weighted by Gasteiger charge is -2.19. The maximum absolute atomic E-state index is 9.74. The van der Waals surface area contributed by atoms with E-state index in [1.165, 1.54) is 0 Å². The molecule has 0 bridgehead atoms. The van der Waals surface area contributed by atoms with E-state index in [0.717, 1.165) is 88.4 Å². The highest BCUT2D eigenvalue weighted by Gasteiger charge is 2.24. The van der Waals surface area contributed by atoms with Crippen molar-refractivity contribution < 1.29 is 0 Å². The summed E-state index contributed by atoms with van der Waals surface area (Å²) in [4.78, 5) is 23.2. The minimum Gasteiger partial charge on any atom is -0.308 e. The Morgan fingerprint density at radius 1 is 0.382 bits per heavy atom. The average molecular weight is 867 g/mol. The largest absolute Gasteiger partial charge is 0.308 e. The van der Waals surface area contributed by atoms with E-state index in [4.69, 9.17) is 28.1 Å². The van der Waals surface area contributed by atoms with Gasteiger partial charge in [0.15, 0.2) is 28.8 Å². The van der Waals surface area contributed by atoms with Gasteiger partial charge >= 0.3 is 0 Å². The first-order valence-corrected chi connectivity index (χ1v) is 22.1. The molecule has 0 atom stereocenters. The number of hydrogen-bond donors (Lipinski definition) is 0. The fourth-order valence-electron chi connectivity index (χ4n) is 9.47. The third-order valence-corrected chi connectivity index (χ3v) is 12.6. The Kier molecular flexibility index (Phi) is 9.47.